The van der Waals surface area contributed by atoms with Crippen LogP contribution in [-0.2, 0) is 13.0 Å². The Morgan fingerprint density at radius 2 is 1.89 bits per heavy atom. The number of aromatic nitrogens is 1. The van der Waals surface area contributed by atoms with Crippen LogP contribution in [0.25, 0.3) is 16.6 Å². The molecule has 2 heterocycles. The highest BCUT2D eigenvalue weighted by molar-refractivity contribution is 5.94. The first-order chi connectivity index (χ1) is 13.4. The van der Waals surface area contributed by atoms with Gasteiger partial charge in [0.25, 0.3) is 0 Å². The molecule has 0 spiro atoms. The Hall–Kier alpha value is -3.13. The van der Waals surface area contributed by atoms with Crippen LogP contribution in [0.3, 0.4) is 0 Å². The fraction of sp³-hybridized carbons (Fsp3) is 0.200. The Bertz CT molecular complexity index is 1190. The molecule has 0 fully saturated rings. The van der Waals surface area contributed by atoms with Crippen molar-refractivity contribution in [3.05, 3.63) is 74.8 Å². The highest BCUT2D eigenvalue weighted by Crippen LogP contribution is 2.30. The molecule has 0 amide bonds. The van der Waals surface area contributed by atoms with Crippen LogP contribution in [0.1, 0.15) is 27.9 Å². The van der Waals surface area contributed by atoms with Crippen molar-refractivity contribution in [1.82, 2.24) is 9.88 Å². The van der Waals surface area contributed by atoms with E-state index in [1.54, 1.807) is 0 Å². The van der Waals surface area contributed by atoms with Crippen LogP contribution >= 0.6 is 0 Å². The third-order valence-corrected chi connectivity index (χ3v) is 4.93. The number of hydrogen-bond acceptors (Lipinski definition) is 3. The molecule has 8 heteroatoms. The zero-order valence-electron chi connectivity index (χ0n) is 14.6. The predicted molar refractivity (Wildman–Crippen MR) is 96.4 cm³/mol. The van der Waals surface area contributed by atoms with E-state index < -0.39 is 34.4 Å². The molecule has 0 radical (unpaired) electrons. The van der Waals surface area contributed by atoms with Gasteiger partial charge in [-0.25, -0.2) is 18.0 Å². The van der Waals surface area contributed by atoms with Gasteiger partial charge >= 0.3 is 5.97 Å². The van der Waals surface area contributed by atoms with Crippen LogP contribution < -0.4 is 10.7 Å². The van der Waals surface area contributed by atoms with Gasteiger partial charge in [-0.15, -0.1) is 0 Å². The molecule has 0 unspecified atom stereocenters. The van der Waals surface area contributed by atoms with E-state index in [0.717, 1.165) is 24.4 Å². The first-order valence-electron chi connectivity index (χ1n) is 8.67. The summed E-state index contributed by atoms with van der Waals surface area (Å²) in [4.78, 5) is 24.2. The van der Waals surface area contributed by atoms with E-state index in [4.69, 9.17) is 0 Å². The molecule has 0 aliphatic carbocycles. The van der Waals surface area contributed by atoms with Crippen LogP contribution in [0.4, 0.5) is 13.2 Å². The molecule has 0 bridgehead atoms. The van der Waals surface area contributed by atoms with Crippen molar-refractivity contribution in [1.29, 1.82) is 0 Å². The van der Waals surface area contributed by atoms with Crippen LogP contribution in [-0.4, -0.2) is 22.2 Å². The van der Waals surface area contributed by atoms with E-state index in [9.17, 15) is 27.9 Å². The number of aryl methyl sites for hydroxylation is 1. The van der Waals surface area contributed by atoms with E-state index in [1.165, 1.54) is 4.57 Å². The monoisotopic (exact) mass is 388 g/mol. The Balaban J connectivity index is 2.20. The lowest BCUT2D eigenvalue weighted by molar-refractivity contribution is 0.0695. The van der Waals surface area contributed by atoms with Gasteiger partial charge in [-0.2, -0.15) is 0 Å². The van der Waals surface area contributed by atoms with Crippen molar-refractivity contribution in [2.45, 2.75) is 19.4 Å². The zero-order chi connectivity index (χ0) is 20.0. The molecule has 2 N–H and O–H groups in total. The van der Waals surface area contributed by atoms with Crippen LogP contribution in [0.15, 0.2) is 35.3 Å². The quantitative estimate of drug-likeness (QED) is 0.708. The number of benzene rings is 2. The summed E-state index contributed by atoms with van der Waals surface area (Å²) in [6, 6.07) is 3.86. The summed E-state index contributed by atoms with van der Waals surface area (Å²) < 4.78 is 43.8. The largest absolute Gasteiger partial charge is 0.477 e. The number of nitrogens with one attached hydrogen (secondary N) is 1. The van der Waals surface area contributed by atoms with Gasteiger partial charge in [0.15, 0.2) is 0 Å². The summed E-state index contributed by atoms with van der Waals surface area (Å²) in [5.74, 6) is -3.85. The average Bonchev–Trinajstić information content (AvgIpc) is 2.89. The second kappa shape index (κ2) is 6.79. The number of halogens is 3. The molecule has 1 aliphatic heterocycles. The Morgan fingerprint density at radius 3 is 2.61 bits per heavy atom. The number of fused-ring (bicyclic) bond motifs is 3. The molecule has 0 saturated carbocycles. The van der Waals surface area contributed by atoms with Crippen molar-refractivity contribution in [3.63, 3.8) is 0 Å². The molecule has 28 heavy (non-hydrogen) atoms. The Kier molecular flexibility index (Phi) is 4.43. The number of rotatable bonds is 2. The minimum absolute atomic E-state index is 0.125. The van der Waals surface area contributed by atoms with Crippen LogP contribution in [0.5, 0.6) is 0 Å². The van der Waals surface area contributed by atoms with Gasteiger partial charge in [-0.1, -0.05) is 0 Å². The van der Waals surface area contributed by atoms with Gasteiger partial charge in [0.05, 0.1) is 16.6 Å². The van der Waals surface area contributed by atoms with Crippen molar-refractivity contribution >= 4 is 16.9 Å². The fourth-order valence-corrected chi connectivity index (χ4v) is 3.66. The second-order valence-corrected chi connectivity index (χ2v) is 6.63. The Labute approximate surface area is 157 Å². The van der Waals surface area contributed by atoms with E-state index >= 15 is 0 Å². The van der Waals surface area contributed by atoms with Gasteiger partial charge in [-0.3, -0.25) is 4.79 Å². The summed E-state index contributed by atoms with van der Waals surface area (Å²) in [7, 11) is 0. The molecule has 4 rings (SSSR count). The van der Waals surface area contributed by atoms with E-state index in [0.29, 0.717) is 36.6 Å². The van der Waals surface area contributed by atoms with E-state index in [2.05, 4.69) is 5.32 Å². The summed E-state index contributed by atoms with van der Waals surface area (Å²) in [6.45, 7) is 0.871. The summed E-state index contributed by atoms with van der Waals surface area (Å²) in [6.07, 6.45) is 2.09. The topological polar surface area (TPSA) is 71.3 Å². The van der Waals surface area contributed by atoms with Crippen LogP contribution in [0, 0.1) is 17.5 Å². The molecule has 1 aromatic heterocycles. The van der Waals surface area contributed by atoms with Gasteiger partial charge in [0.2, 0.25) is 5.43 Å². The molecule has 0 saturated heterocycles. The summed E-state index contributed by atoms with van der Waals surface area (Å²) in [5, 5.41) is 12.3. The maximum atomic E-state index is 14.7. The molecule has 2 aromatic carbocycles. The predicted octanol–water partition coefficient (Wildman–Crippen LogP) is 3.14. The number of aromatic carboxylic acids is 1. The molecule has 3 aromatic rings. The van der Waals surface area contributed by atoms with Gasteiger partial charge in [-0.05, 0) is 43.1 Å². The lowest BCUT2D eigenvalue weighted by Crippen LogP contribution is -2.21. The smallest absolute Gasteiger partial charge is 0.341 e. The molecule has 1 aliphatic rings. The van der Waals surface area contributed by atoms with E-state index in [-0.39, 0.29) is 23.1 Å². The molecular formula is C20H15F3N2O3. The van der Waals surface area contributed by atoms with Crippen molar-refractivity contribution in [2.24, 2.45) is 0 Å². The lowest BCUT2D eigenvalue weighted by atomic mass is 9.97. The minimum atomic E-state index is -1.51. The fourth-order valence-electron chi connectivity index (χ4n) is 3.66. The summed E-state index contributed by atoms with van der Waals surface area (Å²) >= 11 is 0. The number of nitrogens with zero attached hydrogens (tertiary/aromatic N) is 1. The van der Waals surface area contributed by atoms with Gasteiger partial charge in [0.1, 0.15) is 23.0 Å². The lowest BCUT2D eigenvalue weighted by Gasteiger charge is -2.18. The van der Waals surface area contributed by atoms with E-state index in [1.807, 2.05) is 0 Å². The van der Waals surface area contributed by atoms with Crippen molar-refractivity contribution in [3.8, 4) is 5.69 Å². The van der Waals surface area contributed by atoms with Crippen molar-refractivity contribution < 1.29 is 23.1 Å². The Morgan fingerprint density at radius 1 is 1.11 bits per heavy atom. The highest BCUT2D eigenvalue weighted by Gasteiger charge is 2.24. The zero-order valence-corrected chi connectivity index (χ0v) is 14.6. The third kappa shape index (κ3) is 2.86. The molecule has 144 valence electrons. The first kappa shape index (κ1) is 18.2. The van der Waals surface area contributed by atoms with Crippen LogP contribution in [0.2, 0.25) is 0 Å². The minimum Gasteiger partial charge on any atom is -0.477 e. The second-order valence-electron chi connectivity index (χ2n) is 6.63. The number of hydrogen-bond donors (Lipinski definition) is 2. The number of carbonyl (C=O) groups is 1. The van der Waals surface area contributed by atoms with Gasteiger partial charge < -0.3 is 15.0 Å². The number of carboxylic acids is 1. The molecule has 0 atom stereocenters. The maximum absolute atomic E-state index is 14.7. The average molecular weight is 388 g/mol. The van der Waals surface area contributed by atoms with Crippen molar-refractivity contribution in [2.75, 3.05) is 6.54 Å². The highest BCUT2D eigenvalue weighted by atomic mass is 19.1. The van der Waals surface area contributed by atoms with Gasteiger partial charge in [0, 0.05) is 24.4 Å². The standard InChI is InChI=1S/C20H15F3N2O3/c21-10-3-4-17(16(23)6-10)25-9-14(20(27)28)19(26)12-7-15(22)13-8-24-5-1-2-11(13)18(12)25/h3-4,6-7,9,24H,1-2,5,8H2,(H,27,28). The molecular weight excluding hydrogens is 373 g/mol. The maximum Gasteiger partial charge on any atom is 0.341 e. The number of pyridine rings is 1. The molecule has 5 nitrogen and oxygen atoms in total. The first-order valence-corrected chi connectivity index (χ1v) is 8.67. The number of carboxylic acid groups (broad SMARTS) is 1. The normalized spacial score (nSPS) is 14.0. The summed E-state index contributed by atoms with van der Waals surface area (Å²) in [5.41, 5.74) is -0.496. The third-order valence-electron chi connectivity index (χ3n) is 4.93. The SMILES string of the molecule is O=C(O)c1cn(-c2ccc(F)cc2F)c2c3c(c(F)cc2c1=O)CNCCC3.